The molecule has 0 bridgehead atoms. The van der Waals surface area contributed by atoms with E-state index in [1.165, 1.54) is 22.5 Å². The van der Waals surface area contributed by atoms with Crippen molar-refractivity contribution in [1.82, 2.24) is 15.0 Å². The second-order valence-corrected chi connectivity index (χ2v) is 8.03. The number of hydrogen-bond acceptors (Lipinski definition) is 6. The minimum absolute atomic E-state index is 0.0468. The summed E-state index contributed by atoms with van der Waals surface area (Å²) in [6.45, 7) is 0. The van der Waals surface area contributed by atoms with Crippen molar-refractivity contribution in [3.05, 3.63) is 101 Å². The highest BCUT2D eigenvalue weighted by atomic mass is 32.2. The number of amides is 1. The van der Waals surface area contributed by atoms with Gasteiger partial charge >= 0.3 is 0 Å². The summed E-state index contributed by atoms with van der Waals surface area (Å²) >= 11 is 1.18. The van der Waals surface area contributed by atoms with Crippen LogP contribution in [0, 0.1) is 0 Å². The lowest BCUT2D eigenvalue weighted by molar-refractivity contribution is -0.118. The first-order valence-corrected chi connectivity index (χ1v) is 11.5. The molecule has 34 heavy (non-hydrogen) atoms. The number of nitrogens with one attached hydrogen (secondary N) is 1. The molecule has 0 saturated carbocycles. The quantitative estimate of drug-likeness (QED) is 0.180. The Morgan fingerprint density at radius 1 is 1.06 bits per heavy atom. The van der Waals surface area contributed by atoms with Gasteiger partial charge in [-0.3, -0.25) is 14.2 Å². The summed E-state index contributed by atoms with van der Waals surface area (Å²) in [5.41, 5.74) is 4.49. The summed E-state index contributed by atoms with van der Waals surface area (Å²) in [6.07, 6.45) is 5.03. The van der Waals surface area contributed by atoms with Crippen molar-refractivity contribution >= 4 is 40.9 Å². The molecule has 4 rings (SSSR count). The van der Waals surface area contributed by atoms with Gasteiger partial charge in [0, 0.05) is 11.8 Å². The molecule has 1 N–H and O–H groups in total. The Hall–Kier alpha value is -4.17. The van der Waals surface area contributed by atoms with E-state index in [0.29, 0.717) is 21.7 Å². The van der Waals surface area contributed by atoms with E-state index >= 15 is 0 Å². The number of aromatic nitrogens is 2. The van der Waals surface area contributed by atoms with Crippen molar-refractivity contribution < 1.29 is 9.53 Å². The minimum Gasteiger partial charge on any atom is -0.496 e. The zero-order chi connectivity index (χ0) is 23.8. The van der Waals surface area contributed by atoms with Gasteiger partial charge in [-0.25, -0.2) is 10.4 Å². The highest BCUT2D eigenvalue weighted by molar-refractivity contribution is 7.99. The molecule has 1 aromatic heterocycles. The number of fused-ring (bicyclic) bond motifs is 1. The van der Waals surface area contributed by atoms with Gasteiger partial charge in [0.1, 0.15) is 5.75 Å². The van der Waals surface area contributed by atoms with Crippen LogP contribution in [0.5, 0.6) is 5.75 Å². The van der Waals surface area contributed by atoms with E-state index in [1.807, 2.05) is 66.7 Å². The molecule has 3 aromatic carbocycles. The van der Waals surface area contributed by atoms with Crippen molar-refractivity contribution in [2.75, 3.05) is 12.9 Å². The van der Waals surface area contributed by atoms with E-state index in [-0.39, 0.29) is 17.2 Å². The predicted octanol–water partition coefficient (Wildman–Crippen LogP) is 4.30. The lowest BCUT2D eigenvalue weighted by Gasteiger charge is -2.12. The Morgan fingerprint density at radius 2 is 1.79 bits per heavy atom. The van der Waals surface area contributed by atoms with Gasteiger partial charge in [0.15, 0.2) is 5.16 Å². The SMILES string of the molecule is COc1ccccc1C=CC=NNC(=O)CSc1nc2ccccc2c(=O)n1-c1ccccc1. The van der Waals surface area contributed by atoms with Crippen LogP contribution in [0.25, 0.3) is 22.7 Å². The molecule has 0 aliphatic carbocycles. The third-order valence-electron chi connectivity index (χ3n) is 4.86. The molecule has 7 nitrogen and oxygen atoms in total. The molecular formula is C26H22N4O3S. The average molecular weight is 471 g/mol. The maximum absolute atomic E-state index is 13.2. The Bertz CT molecular complexity index is 1410. The number of ether oxygens (including phenoxy) is 1. The molecule has 4 aromatic rings. The van der Waals surface area contributed by atoms with Gasteiger partial charge in [0.05, 0.1) is 29.5 Å². The summed E-state index contributed by atoms with van der Waals surface area (Å²) in [5, 5.41) is 4.90. The zero-order valence-corrected chi connectivity index (χ0v) is 19.2. The lowest BCUT2D eigenvalue weighted by Crippen LogP contribution is -2.24. The van der Waals surface area contributed by atoms with E-state index in [9.17, 15) is 9.59 Å². The molecule has 0 atom stereocenters. The average Bonchev–Trinajstić information content (AvgIpc) is 2.88. The van der Waals surface area contributed by atoms with Gasteiger partial charge in [-0.1, -0.05) is 60.3 Å². The molecule has 0 aliphatic heterocycles. The molecule has 170 valence electrons. The number of hydrazone groups is 1. The minimum atomic E-state index is -0.311. The molecule has 1 heterocycles. The molecule has 8 heteroatoms. The summed E-state index contributed by atoms with van der Waals surface area (Å²) in [4.78, 5) is 30.1. The van der Waals surface area contributed by atoms with Crippen LogP contribution in [0.4, 0.5) is 0 Å². The molecule has 0 fully saturated rings. The van der Waals surface area contributed by atoms with E-state index in [4.69, 9.17) is 4.74 Å². The third kappa shape index (κ3) is 5.41. The molecule has 0 radical (unpaired) electrons. The first-order valence-electron chi connectivity index (χ1n) is 10.5. The molecular weight excluding hydrogens is 448 g/mol. The Balaban J connectivity index is 1.46. The number of thioether (sulfide) groups is 1. The fourth-order valence-electron chi connectivity index (χ4n) is 3.28. The van der Waals surface area contributed by atoms with E-state index in [2.05, 4.69) is 15.5 Å². The molecule has 0 aliphatic rings. The highest BCUT2D eigenvalue weighted by Crippen LogP contribution is 2.21. The fourth-order valence-corrected chi connectivity index (χ4v) is 4.08. The van der Waals surface area contributed by atoms with Crippen LogP contribution in [-0.4, -0.2) is 34.5 Å². The maximum Gasteiger partial charge on any atom is 0.266 e. The van der Waals surface area contributed by atoms with Crippen LogP contribution in [0.2, 0.25) is 0 Å². The van der Waals surface area contributed by atoms with E-state index in [0.717, 1.165) is 11.3 Å². The number of methoxy groups -OCH3 is 1. The number of carbonyl (C=O) groups is 1. The Morgan fingerprint density at radius 3 is 2.62 bits per heavy atom. The summed E-state index contributed by atoms with van der Waals surface area (Å²) in [6, 6.07) is 24.0. The monoisotopic (exact) mass is 470 g/mol. The largest absolute Gasteiger partial charge is 0.496 e. The van der Waals surface area contributed by atoms with Crippen LogP contribution in [0.3, 0.4) is 0 Å². The molecule has 1 amide bonds. The number of carbonyl (C=O) groups excluding carboxylic acids is 1. The van der Waals surface area contributed by atoms with Gasteiger partial charge in [0.2, 0.25) is 0 Å². The summed E-state index contributed by atoms with van der Waals surface area (Å²) in [5.74, 6) is 0.486. The molecule has 0 saturated heterocycles. The van der Waals surface area contributed by atoms with Crippen molar-refractivity contribution in [2.24, 2.45) is 5.10 Å². The number of para-hydroxylation sites is 3. The Kier molecular flexibility index (Phi) is 7.52. The van der Waals surface area contributed by atoms with Gasteiger partial charge in [0.25, 0.3) is 11.5 Å². The highest BCUT2D eigenvalue weighted by Gasteiger charge is 2.14. The standard InChI is InChI=1S/C26H22N4O3S/c1-33-23-16-8-5-10-19(23)11-9-17-27-29-24(31)18-34-26-28-22-15-7-6-14-21(22)25(32)30(26)20-12-3-2-4-13-20/h2-17H,18H2,1H3,(H,29,31). The Labute approximate surface area is 200 Å². The summed E-state index contributed by atoms with van der Waals surface area (Å²) < 4.78 is 6.82. The van der Waals surface area contributed by atoms with Crippen LogP contribution < -0.4 is 15.7 Å². The maximum atomic E-state index is 13.2. The first kappa shape index (κ1) is 23.0. The van der Waals surface area contributed by atoms with Gasteiger partial charge in [-0.05, 0) is 42.5 Å². The molecule has 0 spiro atoms. The second-order valence-electron chi connectivity index (χ2n) is 7.09. The summed E-state index contributed by atoms with van der Waals surface area (Å²) in [7, 11) is 1.61. The van der Waals surface area contributed by atoms with Gasteiger partial charge in [-0.2, -0.15) is 5.10 Å². The van der Waals surface area contributed by atoms with Crippen LogP contribution in [-0.2, 0) is 4.79 Å². The number of allylic oxidation sites excluding steroid dienone is 1. The number of hydrogen-bond donors (Lipinski definition) is 1. The normalized spacial score (nSPS) is 11.3. The van der Waals surface area contributed by atoms with Crippen molar-refractivity contribution in [3.63, 3.8) is 0 Å². The fraction of sp³-hybridized carbons (Fsp3) is 0.0769. The van der Waals surface area contributed by atoms with Crippen LogP contribution in [0.15, 0.2) is 100.0 Å². The van der Waals surface area contributed by atoms with Gasteiger partial charge < -0.3 is 4.74 Å². The van der Waals surface area contributed by atoms with Crippen molar-refractivity contribution in [3.8, 4) is 11.4 Å². The molecule has 0 unspecified atom stereocenters. The number of nitrogens with zero attached hydrogens (tertiary/aromatic N) is 3. The smallest absolute Gasteiger partial charge is 0.266 e. The van der Waals surface area contributed by atoms with Crippen molar-refractivity contribution in [1.29, 1.82) is 0 Å². The van der Waals surface area contributed by atoms with E-state index < -0.39 is 0 Å². The number of rotatable bonds is 8. The lowest BCUT2D eigenvalue weighted by atomic mass is 10.2. The first-order chi connectivity index (χ1) is 16.7. The van der Waals surface area contributed by atoms with Crippen LogP contribution in [0.1, 0.15) is 5.56 Å². The zero-order valence-electron chi connectivity index (χ0n) is 18.4. The van der Waals surface area contributed by atoms with E-state index in [1.54, 1.807) is 31.4 Å². The van der Waals surface area contributed by atoms with Gasteiger partial charge in [-0.15, -0.1) is 0 Å². The van der Waals surface area contributed by atoms with Crippen molar-refractivity contribution in [2.45, 2.75) is 5.16 Å². The predicted molar refractivity (Wildman–Crippen MR) is 137 cm³/mol. The topological polar surface area (TPSA) is 85.6 Å². The number of benzene rings is 3. The second kappa shape index (κ2) is 11.1. The van der Waals surface area contributed by atoms with Crippen LogP contribution >= 0.6 is 11.8 Å². The third-order valence-corrected chi connectivity index (χ3v) is 5.79.